The number of pyridine rings is 1. The number of fused-ring (bicyclic) bond motifs is 6. The fraction of sp³-hybridized carbons (Fsp3) is 0.273. The lowest BCUT2D eigenvalue weighted by Gasteiger charge is -2.36. The average molecular weight is 472 g/mol. The summed E-state index contributed by atoms with van der Waals surface area (Å²) >= 11 is 0. The molecule has 0 bridgehead atoms. The number of halogens is 4. The topological polar surface area (TPSA) is 98.6 Å². The highest BCUT2D eigenvalue weighted by Gasteiger charge is 2.46. The number of ether oxygens (including phenoxy) is 1. The van der Waals surface area contributed by atoms with Gasteiger partial charge in [-0.1, -0.05) is 0 Å². The smallest absolute Gasteiger partial charge is 0.416 e. The first-order valence-corrected chi connectivity index (χ1v) is 10.5. The average Bonchev–Trinajstić information content (AvgIpc) is 3.43. The third-order valence-corrected chi connectivity index (χ3v) is 6.31. The van der Waals surface area contributed by atoms with Crippen molar-refractivity contribution in [3.05, 3.63) is 59.6 Å². The molecule has 1 saturated heterocycles. The van der Waals surface area contributed by atoms with E-state index < -0.39 is 35.6 Å². The Bertz CT molecular complexity index is 1480. The third-order valence-electron chi connectivity index (χ3n) is 6.31. The third kappa shape index (κ3) is 2.97. The van der Waals surface area contributed by atoms with Crippen molar-refractivity contribution in [1.82, 2.24) is 24.3 Å². The molecule has 6 rings (SSSR count). The summed E-state index contributed by atoms with van der Waals surface area (Å²) < 4.78 is 61.8. The largest absolute Gasteiger partial charge is 0.487 e. The molecule has 0 unspecified atom stereocenters. The molecule has 174 valence electrons. The number of carbonyl (C=O) groups excluding carboxylic acids is 1. The standard InChI is InChI=1S/C22H16F4N6O2/c23-11-4-10(22(24,25)26)5-17-18(11)19-16(34-17)2-1-3-31(19)21(33)12-6-14-13(7-29-12)30-20(27)15-8-28-9-32(14)15/h4-9,16,19H,1-3H2,(H2,27,30)/t16-,19+/m0/s1. The molecular weight excluding hydrogens is 456 g/mol. The Morgan fingerprint density at radius 3 is 2.79 bits per heavy atom. The van der Waals surface area contributed by atoms with Crippen LogP contribution in [0, 0.1) is 5.82 Å². The van der Waals surface area contributed by atoms with Gasteiger partial charge in [0.2, 0.25) is 0 Å². The first-order chi connectivity index (χ1) is 16.2. The molecule has 0 aliphatic carbocycles. The Morgan fingerprint density at radius 2 is 2.00 bits per heavy atom. The molecular formula is C22H16F4N6O2. The number of hydrogen-bond acceptors (Lipinski definition) is 6. The number of rotatable bonds is 1. The van der Waals surface area contributed by atoms with Gasteiger partial charge in [-0.15, -0.1) is 0 Å². The van der Waals surface area contributed by atoms with E-state index in [4.69, 9.17) is 10.5 Å². The van der Waals surface area contributed by atoms with Crippen LogP contribution in [0.5, 0.6) is 5.75 Å². The number of carbonyl (C=O) groups is 1. The Labute approximate surface area is 189 Å². The second-order valence-corrected chi connectivity index (χ2v) is 8.31. The first kappa shape index (κ1) is 20.6. The molecule has 2 N–H and O–H groups in total. The number of likely N-dealkylation sites (tertiary alicyclic amines) is 1. The van der Waals surface area contributed by atoms with E-state index in [-0.39, 0.29) is 29.4 Å². The summed E-state index contributed by atoms with van der Waals surface area (Å²) in [6.07, 6.45) is 0.162. The molecule has 2 aliphatic heterocycles. The van der Waals surface area contributed by atoms with E-state index in [1.54, 1.807) is 16.7 Å². The maximum atomic E-state index is 14.9. The van der Waals surface area contributed by atoms with E-state index in [1.807, 2.05) is 0 Å². The highest BCUT2D eigenvalue weighted by atomic mass is 19.4. The number of alkyl halides is 3. The number of aromatic nitrogens is 4. The second kappa shape index (κ2) is 7.02. The monoisotopic (exact) mass is 472 g/mol. The highest BCUT2D eigenvalue weighted by Crippen LogP contribution is 2.48. The SMILES string of the molecule is Nc1nc2cnc(C(=O)N3CCC[C@@H]4Oc5cc(C(F)(F)F)cc(F)c5[C@@H]43)cc2n2cncc12. The minimum atomic E-state index is -4.71. The summed E-state index contributed by atoms with van der Waals surface area (Å²) in [5.41, 5.74) is 6.42. The molecule has 8 nitrogen and oxygen atoms in total. The first-order valence-electron chi connectivity index (χ1n) is 10.5. The van der Waals surface area contributed by atoms with Gasteiger partial charge in [0, 0.05) is 6.54 Å². The van der Waals surface area contributed by atoms with Crippen LogP contribution in [-0.4, -0.2) is 42.8 Å². The fourth-order valence-corrected chi connectivity index (χ4v) is 4.80. The van der Waals surface area contributed by atoms with Crippen LogP contribution < -0.4 is 10.5 Å². The zero-order chi connectivity index (χ0) is 23.8. The summed E-state index contributed by atoms with van der Waals surface area (Å²) in [7, 11) is 0. The lowest BCUT2D eigenvalue weighted by atomic mass is 9.93. The van der Waals surface area contributed by atoms with Gasteiger partial charge >= 0.3 is 6.18 Å². The lowest BCUT2D eigenvalue weighted by molar-refractivity contribution is -0.137. The van der Waals surface area contributed by atoms with Crippen molar-refractivity contribution < 1.29 is 27.1 Å². The zero-order valence-electron chi connectivity index (χ0n) is 17.4. The number of hydrogen-bond donors (Lipinski definition) is 1. The number of nitrogen functional groups attached to an aromatic ring is 1. The van der Waals surface area contributed by atoms with Crippen LogP contribution in [-0.2, 0) is 6.18 Å². The predicted octanol–water partition coefficient (Wildman–Crippen LogP) is 3.76. The molecule has 0 spiro atoms. The van der Waals surface area contributed by atoms with Crippen molar-refractivity contribution in [2.75, 3.05) is 12.3 Å². The Hall–Kier alpha value is -3.96. The van der Waals surface area contributed by atoms with Crippen LogP contribution in [0.25, 0.3) is 16.6 Å². The Balaban J connectivity index is 1.42. The van der Waals surface area contributed by atoms with E-state index >= 15 is 0 Å². The van der Waals surface area contributed by atoms with Gasteiger partial charge in [0.05, 0.1) is 35.4 Å². The van der Waals surface area contributed by atoms with Gasteiger partial charge in [0.1, 0.15) is 46.3 Å². The van der Waals surface area contributed by atoms with Crippen LogP contribution in [0.15, 0.2) is 36.9 Å². The molecule has 1 aromatic carbocycles. The molecule has 0 radical (unpaired) electrons. The van der Waals surface area contributed by atoms with Gasteiger partial charge in [-0.3, -0.25) is 9.20 Å². The van der Waals surface area contributed by atoms with Crippen LogP contribution >= 0.6 is 0 Å². The van der Waals surface area contributed by atoms with Crippen LogP contribution in [0.2, 0.25) is 0 Å². The van der Waals surface area contributed by atoms with E-state index in [0.717, 1.165) is 6.07 Å². The highest BCUT2D eigenvalue weighted by molar-refractivity contribution is 5.96. The van der Waals surface area contributed by atoms with E-state index in [9.17, 15) is 22.4 Å². The summed E-state index contributed by atoms with van der Waals surface area (Å²) in [5, 5.41) is 0. The van der Waals surface area contributed by atoms with Gasteiger partial charge in [-0.25, -0.2) is 19.3 Å². The predicted molar refractivity (Wildman–Crippen MR) is 112 cm³/mol. The molecule has 12 heteroatoms. The van der Waals surface area contributed by atoms with Crippen LogP contribution in [0.3, 0.4) is 0 Å². The summed E-state index contributed by atoms with van der Waals surface area (Å²) in [6.45, 7) is 0.281. The van der Waals surface area contributed by atoms with Crippen molar-refractivity contribution in [2.45, 2.75) is 31.2 Å². The van der Waals surface area contributed by atoms with E-state index in [2.05, 4.69) is 15.0 Å². The minimum Gasteiger partial charge on any atom is -0.487 e. The van der Waals surface area contributed by atoms with Gasteiger partial charge in [-0.05, 0) is 31.0 Å². The normalized spacial score (nSPS) is 19.8. The molecule has 1 amide bonds. The molecule has 2 atom stereocenters. The quantitative estimate of drug-likeness (QED) is 0.424. The summed E-state index contributed by atoms with van der Waals surface area (Å²) in [5.74, 6) is -1.47. The number of amides is 1. The van der Waals surface area contributed by atoms with Gasteiger partial charge in [0.15, 0.2) is 0 Å². The maximum absolute atomic E-state index is 14.9. The summed E-state index contributed by atoms with van der Waals surface area (Å²) in [6, 6.07) is 1.93. The van der Waals surface area contributed by atoms with Gasteiger partial charge < -0.3 is 15.4 Å². The number of piperidine rings is 1. The van der Waals surface area contributed by atoms with Crippen molar-refractivity contribution in [2.24, 2.45) is 0 Å². The van der Waals surface area contributed by atoms with E-state index in [1.165, 1.54) is 17.4 Å². The van der Waals surface area contributed by atoms with Gasteiger partial charge in [-0.2, -0.15) is 13.2 Å². The van der Waals surface area contributed by atoms with Crippen molar-refractivity contribution >= 4 is 28.3 Å². The fourth-order valence-electron chi connectivity index (χ4n) is 4.80. The van der Waals surface area contributed by atoms with Crippen LogP contribution in [0.4, 0.5) is 23.4 Å². The molecule has 3 aromatic heterocycles. The molecule has 2 aliphatic rings. The molecule has 1 fully saturated rings. The van der Waals surface area contributed by atoms with Crippen molar-refractivity contribution in [3.63, 3.8) is 0 Å². The number of imidazole rings is 1. The molecule has 34 heavy (non-hydrogen) atoms. The minimum absolute atomic E-state index is 0.0433. The molecule has 5 heterocycles. The number of nitrogens with two attached hydrogens (primary N) is 1. The van der Waals surface area contributed by atoms with Crippen molar-refractivity contribution in [3.8, 4) is 5.75 Å². The number of benzene rings is 1. The second-order valence-electron chi connectivity index (χ2n) is 8.31. The Kier molecular flexibility index (Phi) is 4.26. The number of anilines is 1. The maximum Gasteiger partial charge on any atom is 0.416 e. The Morgan fingerprint density at radius 1 is 1.18 bits per heavy atom. The van der Waals surface area contributed by atoms with Crippen molar-refractivity contribution in [1.29, 1.82) is 0 Å². The summed E-state index contributed by atoms with van der Waals surface area (Å²) in [4.78, 5) is 27.5. The van der Waals surface area contributed by atoms with E-state index in [0.29, 0.717) is 35.5 Å². The zero-order valence-corrected chi connectivity index (χ0v) is 17.4. The lowest BCUT2D eigenvalue weighted by Crippen LogP contribution is -2.45. The molecule has 0 saturated carbocycles. The van der Waals surface area contributed by atoms with Crippen LogP contribution in [0.1, 0.15) is 40.5 Å². The molecule has 4 aromatic rings. The number of nitrogens with zero attached hydrogens (tertiary/aromatic N) is 5. The van der Waals surface area contributed by atoms with Gasteiger partial charge in [0.25, 0.3) is 5.91 Å².